The Labute approximate surface area is 314 Å². The molecule has 3 aliphatic carbocycles. The topological polar surface area (TPSA) is 38.7 Å². The molecule has 0 saturated heterocycles. The first-order chi connectivity index (χ1) is 26.8. The van der Waals surface area contributed by atoms with E-state index < -0.39 is 5.41 Å². The third-order valence-electron chi connectivity index (χ3n) is 11.4. The van der Waals surface area contributed by atoms with Gasteiger partial charge in [-0.25, -0.2) is 15.0 Å². The molecule has 1 spiro atoms. The maximum Gasteiger partial charge on any atom is 0.164 e. The lowest BCUT2D eigenvalue weighted by Crippen LogP contribution is -2.27. The van der Waals surface area contributed by atoms with Crippen LogP contribution in [0.4, 0.5) is 0 Å². The quantitative estimate of drug-likeness (QED) is 0.185. The van der Waals surface area contributed by atoms with Gasteiger partial charge in [0.25, 0.3) is 0 Å². The van der Waals surface area contributed by atoms with Crippen molar-refractivity contribution >= 4 is 16.3 Å². The van der Waals surface area contributed by atoms with Crippen molar-refractivity contribution in [3.63, 3.8) is 0 Å². The molecule has 7 aromatic carbocycles. The summed E-state index contributed by atoms with van der Waals surface area (Å²) < 4.78 is 0. The monoisotopic (exact) mass is 687 g/mol. The number of allylic oxidation sites excluding steroid dienone is 6. The fourth-order valence-corrected chi connectivity index (χ4v) is 9.27. The van der Waals surface area contributed by atoms with Crippen LogP contribution in [-0.4, -0.2) is 15.0 Å². The number of hydrogen-bond acceptors (Lipinski definition) is 3. The van der Waals surface area contributed by atoms with E-state index in [-0.39, 0.29) is 0 Å². The SMILES string of the molecule is C1=CCC2=C(C=C1)c1c(-c3c(-c4nc(-c5ccccc5)nc(-c5ccccc5)n4)ccc4ccccc34)cccc1C21c2ccccc2-c2ccccc21. The normalized spacial score (nSPS) is 14.5. The van der Waals surface area contributed by atoms with Gasteiger partial charge >= 0.3 is 0 Å². The predicted molar refractivity (Wildman–Crippen MR) is 221 cm³/mol. The largest absolute Gasteiger partial charge is 0.208 e. The summed E-state index contributed by atoms with van der Waals surface area (Å²) >= 11 is 0. The maximum absolute atomic E-state index is 5.25. The Hall–Kier alpha value is -6.97. The third kappa shape index (κ3) is 4.39. The summed E-state index contributed by atoms with van der Waals surface area (Å²) in [5.74, 6) is 1.95. The number of hydrogen-bond donors (Lipinski definition) is 0. The zero-order chi connectivity index (χ0) is 35.6. The first kappa shape index (κ1) is 30.6. The van der Waals surface area contributed by atoms with Gasteiger partial charge in [-0.3, -0.25) is 0 Å². The molecule has 3 nitrogen and oxygen atoms in total. The highest BCUT2D eigenvalue weighted by molar-refractivity contribution is 6.09. The second kappa shape index (κ2) is 12.0. The summed E-state index contributed by atoms with van der Waals surface area (Å²) in [5, 5.41) is 2.34. The van der Waals surface area contributed by atoms with Crippen molar-refractivity contribution in [3.8, 4) is 56.4 Å². The van der Waals surface area contributed by atoms with Gasteiger partial charge in [0.1, 0.15) is 0 Å². The van der Waals surface area contributed by atoms with Crippen LogP contribution < -0.4 is 0 Å². The number of aromatic nitrogens is 3. The lowest BCUT2D eigenvalue weighted by atomic mass is 9.68. The minimum Gasteiger partial charge on any atom is -0.208 e. The molecule has 252 valence electrons. The molecule has 54 heavy (non-hydrogen) atoms. The minimum atomic E-state index is -0.411. The van der Waals surface area contributed by atoms with Crippen LogP contribution in [0, 0.1) is 0 Å². The third-order valence-corrected chi connectivity index (χ3v) is 11.4. The van der Waals surface area contributed by atoms with Crippen LogP contribution in [0.15, 0.2) is 194 Å². The minimum absolute atomic E-state index is 0.411. The van der Waals surface area contributed by atoms with Crippen molar-refractivity contribution in [2.45, 2.75) is 11.8 Å². The molecule has 0 N–H and O–H groups in total. The van der Waals surface area contributed by atoms with E-state index in [4.69, 9.17) is 15.0 Å². The van der Waals surface area contributed by atoms with E-state index in [0.717, 1.165) is 34.1 Å². The van der Waals surface area contributed by atoms with Crippen LogP contribution in [0.3, 0.4) is 0 Å². The first-order valence-corrected chi connectivity index (χ1v) is 18.6. The Bertz CT molecular complexity index is 2800. The summed E-state index contributed by atoms with van der Waals surface area (Å²) in [5.41, 5.74) is 15.4. The van der Waals surface area contributed by atoms with Crippen molar-refractivity contribution in [3.05, 3.63) is 216 Å². The van der Waals surface area contributed by atoms with Crippen molar-refractivity contribution in [1.82, 2.24) is 15.0 Å². The van der Waals surface area contributed by atoms with E-state index in [2.05, 4.69) is 152 Å². The molecule has 3 aliphatic rings. The highest BCUT2D eigenvalue weighted by Crippen LogP contribution is 2.64. The fraction of sp³-hybridized carbons (Fsp3) is 0.0392. The Morgan fingerprint density at radius 2 is 0.981 bits per heavy atom. The highest BCUT2D eigenvalue weighted by atomic mass is 15.0. The fourth-order valence-electron chi connectivity index (χ4n) is 9.27. The zero-order valence-corrected chi connectivity index (χ0v) is 29.4. The van der Waals surface area contributed by atoms with E-state index in [1.807, 2.05) is 36.4 Å². The number of benzene rings is 7. The molecule has 0 amide bonds. The van der Waals surface area contributed by atoms with Gasteiger partial charge in [-0.15, -0.1) is 0 Å². The Kier molecular flexibility index (Phi) is 6.83. The molecule has 0 unspecified atom stereocenters. The second-order valence-corrected chi connectivity index (χ2v) is 14.2. The summed E-state index contributed by atoms with van der Waals surface area (Å²) in [6, 6.07) is 58.6. The Balaban J connectivity index is 1.24. The van der Waals surface area contributed by atoms with Crippen molar-refractivity contribution in [2.24, 2.45) is 0 Å². The molecule has 0 atom stereocenters. The lowest BCUT2D eigenvalue weighted by Gasteiger charge is -2.32. The molecule has 1 aromatic heterocycles. The molecule has 0 fully saturated rings. The average Bonchev–Trinajstić information content (AvgIpc) is 3.56. The van der Waals surface area contributed by atoms with Crippen LogP contribution in [0.25, 0.3) is 72.8 Å². The van der Waals surface area contributed by atoms with Crippen LogP contribution in [0.5, 0.6) is 0 Å². The van der Waals surface area contributed by atoms with E-state index in [1.165, 1.54) is 55.5 Å². The Morgan fingerprint density at radius 3 is 1.69 bits per heavy atom. The number of fused-ring (bicyclic) bond motifs is 10. The molecular weight excluding hydrogens is 655 g/mol. The van der Waals surface area contributed by atoms with Crippen molar-refractivity contribution in [2.75, 3.05) is 0 Å². The van der Waals surface area contributed by atoms with Gasteiger partial charge in [0.2, 0.25) is 0 Å². The van der Waals surface area contributed by atoms with Gasteiger partial charge in [0.05, 0.1) is 5.41 Å². The molecule has 0 saturated carbocycles. The Morgan fingerprint density at radius 1 is 0.407 bits per heavy atom. The molecule has 0 bridgehead atoms. The molecule has 0 radical (unpaired) electrons. The summed E-state index contributed by atoms with van der Waals surface area (Å²) in [4.78, 5) is 15.5. The van der Waals surface area contributed by atoms with Crippen LogP contribution in [0.1, 0.15) is 28.7 Å². The first-order valence-electron chi connectivity index (χ1n) is 18.6. The number of nitrogens with zero attached hydrogens (tertiary/aromatic N) is 3. The molecule has 0 aliphatic heterocycles. The molecule has 8 aromatic rings. The smallest absolute Gasteiger partial charge is 0.164 e. The zero-order valence-electron chi connectivity index (χ0n) is 29.4. The molecular formula is C51H33N3. The summed E-state index contributed by atoms with van der Waals surface area (Å²) in [6.07, 6.45) is 9.93. The van der Waals surface area contributed by atoms with Crippen LogP contribution in [-0.2, 0) is 5.41 Å². The molecule has 3 heteroatoms. The van der Waals surface area contributed by atoms with E-state index >= 15 is 0 Å². The summed E-state index contributed by atoms with van der Waals surface area (Å²) in [7, 11) is 0. The molecule has 1 heterocycles. The van der Waals surface area contributed by atoms with E-state index in [0.29, 0.717) is 17.5 Å². The maximum atomic E-state index is 5.25. The molecule has 11 rings (SSSR count). The van der Waals surface area contributed by atoms with Crippen molar-refractivity contribution < 1.29 is 0 Å². The second-order valence-electron chi connectivity index (χ2n) is 14.2. The lowest BCUT2D eigenvalue weighted by molar-refractivity contribution is 0.747. The van der Waals surface area contributed by atoms with E-state index in [1.54, 1.807) is 0 Å². The average molecular weight is 688 g/mol. The van der Waals surface area contributed by atoms with Crippen LogP contribution in [0.2, 0.25) is 0 Å². The van der Waals surface area contributed by atoms with Gasteiger partial charge in [-0.1, -0.05) is 182 Å². The predicted octanol–water partition coefficient (Wildman–Crippen LogP) is 12.3. The van der Waals surface area contributed by atoms with Gasteiger partial charge in [0, 0.05) is 22.3 Å². The van der Waals surface area contributed by atoms with Gasteiger partial charge in [-0.2, -0.15) is 0 Å². The van der Waals surface area contributed by atoms with Gasteiger partial charge in [0.15, 0.2) is 17.5 Å². The van der Waals surface area contributed by atoms with Crippen LogP contribution >= 0.6 is 0 Å². The number of rotatable bonds is 4. The summed E-state index contributed by atoms with van der Waals surface area (Å²) in [6.45, 7) is 0. The van der Waals surface area contributed by atoms with Gasteiger partial charge < -0.3 is 0 Å². The van der Waals surface area contributed by atoms with Gasteiger partial charge in [-0.05, 0) is 73.4 Å². The standard InChI is InChI=1S/C51H33N3/c1-4-18-34(19-5-1)48-52-49(35-20-6-2-7-21-35)54-50(53-48)41-32-31-33-17-10-11-22-36(33)46(41)40-26-16-30-45-47(40)39-25-8-3-9-27-44(39)51(45)42-28-14-12-23-37(42)38-24-13-15-29-43(38)51/h1-26,28-32H,27H2. The van der Waals surface area contributed by atoms with E-state index in [9.17, 15) is 0 Å². The van der Waals surface area contributed by atoms with Crippen molar-refractivity contribution in [1.29, 1.82) is 0 Å². The highest BCUT2D eigenvalue weighted by Gasteiger charge is 2.52.